The van der Waals surface area contributed by atoms with Gasteiger partial charge in [0.2, 0.25) is 11.8 Å². The van der Waals surface area contributed by atoms with Crippen LogP contribution in [0.2, 0.25) is 5.02 Å². The Bertz CT molecular complexity index is 1230. The number of carbonyl (C=O) groups excluding carboxylic acids is 2. The molecule has 0 aliphatic carbocycles. The van der Waals surface area contributed by atoms with Gasteiger partial charge in [-0.25, -0.2) is 4.98 Å². The van der Waals surface area contributed by atoms with Crippen molar-refractivity contribution in [1.82, 2.24) is 20.2 Å². The number of benzene rings is 2. The number of carbonyl (C=O) groups is 2. The molecule has 3 N–H and O–H groups in total. The summed E-state index contributed by atoms with van der Waals surface area (Å²) >= 11 is 6.78. The highest BCUT2D eigenvalue weighted by Crippen LogP contribution is 2.45. The second-order valence-electron chi connectivity index (χ2n) is 9.96. The number of hydrogen-bond acceptors (Lipinski definition) is 4. The van der Waals surface area contributed by atoms with Crippen molar-refractivity contribution in [3.8, 4) is 11.1 Å². The van der Waals surface area contributed by atoms with Crippen molar-refractivity contribution in [3.05, 3.63) is 76.8 Å². The number of rotatable bonds is 9. The van der Waals surface area contributed by atoms with Gasteiger partial charge in [-0.05, 0) is 49.8 Å². The zero-order chi connectivity index (χ0) is 26.4. The minimum Gasteiger partial charge on any atom is -0.385 e. The van der Waals surface area contributed by atoms with Crippen LogP contribution in [0.4, 0.5) is 0 Å². The number of likely N-dealkylation sites (tertiary alicyclic amines) is 1. The molecule has 0 spiro atoms. The average Bonchev–Trinajstić information content (AvgIpc) is 3.39. The molecule has 3 aromatic rings. The van der Waals surface area contributed by atoms with Gasteiger partial charge < -0.3 is 20.3 Å². The summed E-state index contributed by atoms with van der Waals surface area (Å²) in [5.41, 5.74) is 3.09. The van der Waals surface area contributed by atoms with Crippen LogP contribution in [-0.4, -0.2) is 51.4 Å². The molecule has 2 atom stereocenters. The standard InChI is InChI=1S/C29H35ClN4O3/c1-20-7-3-8-22(15-20)28-25(10-4-11-26(28)30)29(37,12-6-13-32-21(2)35)23-9-5-14-34(18-23)27(36)16-24-17-31-19-33-24/h3-4,7-8,10-11,15,17,19,23,37H,5-6,9,12-14,16,18H2,1-2H3,(H,31,33)(H,32,35)/t23-,29+/m1/s1. The predicted octanol–water partition coefficient (Wildman–Crippen LogP) is 4.62. The number of imidazole rings is 1. The second kappa shape index (κ2) is 11.9. The molecule has 2 amide bonds. The van der Waals surface area contributed by atoms with Gasteiger partial charge in [-0.15, -0.1) is 0 Å². The number of amides is 2. The van der Waals surface area contributed by atoms with Crippen LogP contribution in [-0.2, 0) is 21.6 Å². The van der Waals surface area contributed by atoms with Crippen LogP contribution < -0.4 is 5.32 Å². The molecule has 0 radical (unpaired) electrons. The Morgan fingerprint density at radius 2 is 2.08 bits per heavy atom. The largest absolute Gasteiger partial charge is 0.385 e. The van der Waals surface area contributed by atoms with Gasteiger partial charge >= 0.3 is 0 Å². The van der Waals surface area contributed by atoms with Crippen molar-refractivity contribution in [3.63, 3.8) is 0 Å². The molecule has 7 nitrogen and oxygen atoms in total. The first-order valence-corrected chi connectivity index (χ1v) is 13.2. The fourth-order valence-electron chi connectivity index (χ4n) is 5.41. The van der Waals surface area contributed by atoms with Gasteiger partial charge in [-0.1, -0.05) is 53.6 Å². The smallest absolute Gasteiger partial charge is 0.228 e. The Balaban J connectivity index is 1.68. The molecule has 0 saturated carbocycles. The fraction of sp³-hybridized carbons (Fsp3) is 0.414. The molecule has 2 aromatic carbocycles. The summed E-state index contributed by atoms with van der Waals surface area (Å²) < 4.78 is 0. The average molecular weight is 523 g/mol. The highest BCUT2D eigenvalue weighted by Gasteiger charge is 2.42. The number of aliphatic hydroxyl groups is 1. The summed E-state index contributed by atoms with van der Waals surface area (Å²) in [7, 11) is 0. The maximum atomic E-state index is 13.1. The van der Waals surface area contributed by atoms with E-state index in [1.165, 1.54) is 6.92 Å². The number of halogens is 1. The summed E-state index contributed by atoms with van der Waals surface area (Å²) in [4.78, 5) is 33.5. The van der Waals surface area contributed by atoms with E-state index in [4.69, 9.17) is 11.6 Å². The summed E-state index contributed by atoms with van der Waals surface area (Å²) in [6.45, 7) is 5.08. The number of nitrogens with zero attached hydrogens (tertiary/aromatic N) is 2. The molecule has 1 saturated heterocycles. The maximum absolute atomic E-state index is 13.1. The van der Waals surface area contributed by atoms with Crippen LogP contribution in [0.1, 0.15) is 49.4 Å². The van der Waals surface area contributed by atoms with Gasteiger partial charge in [0.1, 0.15) is 0 Å². The predicted molar refractivity (Wildman–Crippen MR) is 145 cm³/mol. The minimum absolute atomic E-state index is 0.00222. The SMILES string of the molecule is CC(=O)NCCC[C@@](O)(c1cccc(Cl)c1-c1cccc(C)c1)[C@@H]1CCCN(C(=O)Cc2c[nH]cn2)C1. The normalized spacial score (nSPS) is 17.3. The zero-order valence-corrected chi connectivity index (χ0v) is 22.2. The third kappa shape index (κ3) is 6.40. The van der Waals surface area contributed by atoms with Crippen molar-refractivity contribution in [2.45, 2.75) is 51.6 Å². The van der Waals surface area contributed by atoms with Gasteiger partial charge in [0, 0.05) is 49.3 Å². The molecule has 0 bridgehead atoms. The number of piperidine rings is 1. The first kappa shape index (κ1) is 26.9. The first-order valence-electron chi connectivity index (χ1n) is 12.9. The van der Waals surface area contributed by atoms with Crippen LogP contribution in [0, 0.1) is 12.8 Å². The lowest BCUT2D eigenvalue weighted by molar-refractivity contribution is -0.136. The molecule has 8 heteroatoms. The molecule has 1 aliphatic heterocycles. The second-order valence-corrected chi connectivity index (χ2v) is 10.4. The van der Waals surface area contributed by atoms with Crippen molar-refractivity contribution >= 4 is 23.4 Å². The lowest BCUT2D eigenvalue weighted by Crippen LogP contribution is -2.49. The number of nitrogens with one attached hydrogen (secondary N) is 2. The van der Waals surface area contributed by atoms with Crippen LogP contribution >= 0.6 is 11.6 Å². The van der Waals surface area contributed by atoms with Gasteiger partial charge in [-0.3, -0.25) is 9.59 Å². The van der Waals surface area contributed by atoms with E-state index >= 15 is 0 Å². The van der Waals surface area contributed by atoms with Crippen molar-refractivity contribution in [1.29, 1.82) is 0 Å². The molecule has 2 heterocycles. The number of aryl methyl sites for hydroxylation is 1. The van der Waals surface area contributed by atoms with Gasteiger partial charge in [0.15, 0.2) is 0 Å². The van der Waals surface area contributed by atoms with Crippen molar-refractivity contribution in [2.75, 3.05) is 19.6 Å². The van der Waals surface area contributed by atoms with E-state index in [9.17, 15) is 14.7 Å². The molecule has 37 heavy (non-hydrogen) atoms. The number of aromatic nitrogens is 2. The highest BCUT2D eigenvalue weighted by molar-refractivity contribution is 6.33. The third-order valence-electron chi connectivity index (χ3n) is 7.23. The monoisotopic (exact) mass is 522 g/mol. The Morgan fingerprint density at radius 3 is 2.81 bits per heavy atom. The summed E-state index contributed by atoms with van der Waals surface area (Å²) in [6, 6.07) is 13.8. The van der Waals surface area contributed by atoms with Crippen molar-refractivity contribution < 1.29 is 14.7 Å². The van der Waals surface area contributed by atoms with Crippen LogP contribution in [0.15, 0.2) is 55.0 Å². The number of hydrogen-bond donors (Lipinski definition) is 3. The summed E-state index contributed by atoms with van der Waals surface area (Å²) in [5.74, 6) is -0.286. The minimum atomic E-state index is -1.24. The van der Waals surface area contributed by atoms with Crippen LogP contribution in [0.3, 0.4) is 0 Å². The summed E-state index contributed by atoms with van der Waals surface area (Å²) in [5, 5.41) is 16.0. The zero-order valence-electron chi connectivity index (χ0n) is 21.5. The summed E-state index contributed by atoms with van der Waals surface area (Å²) in [6.07, 6.45) is 6.13. The van der Waals surface area contributed by atoms with E-state index in [0.717, 1.165) is 35.1 Å². The molecule has 1 fully saturated rings. The number of H-pyrrole nitrogens is 1. The van der Waals surface area contributed by atoms with E-state index in [1.54, 1.807) is 12.5 Å². The molecule has 1 aliphatic rings. The molecule has 1 aromatic heterocycles. The van der Waals surface area contributed by atoms with E-state index in [0.29, 0.717) is 43.2 Å². The third-order valence-corrected chi connectivity index (χ3v) is 7.55. The van der Waals surface area contributed by atoms with Crippen LogP contribution in [0.5, 0.6) is 0 Å². The fourth-order valence-corrected chi connectivity index (χ4v) is 5.69. The van der Waals surface area contributed by atoms with E-state index in [2.05, 4.69) is 21.4 Å². The van der Waals surface area contributed by atoms with Gasteiger partial charge in [0.25, 0.3) is 0 Å². The maximum Gasteiger partial charge on any atom is 0.228 e. The van der Waals surface area contributed by atoms with Gasteiger partial charge in [-0.2, -0.15) is 0 Å². The van der Waals surface area contributed by atoms with Crippen molar-refractivity contribution in [2.24, 2.45) is 5.92 Å². The van der Waals surface area contributed by atoms with Gasteiger partial charge in [0.05, 0.1) is 24.0 Å². The Labute approximate surface area is 223 Å². The lowest BCUT2D eigenvalue weighted by Gasteiger charge is -2.44. The van der Waals surface area contributed by atoms with E-state index in [1.807, 2.05) is 48.2 Å². The molecule has 0 unspecified atom stereocenters. The quantitative estimate of drug-likeness (QED) is 0.357. The lowest BCUT2D eigenvalue weighted by atomic mass is 9.72. The Morgan fingerprint density at radius 1 is 1.27 bits per heavy atom. The highest BCUT2D eigenvalue weighted by atomic mass is 35.5. The molecule has 196 valence electrons. The molecular formula is C29H35ClN4O3. The number of aromatic amines is 1. The Hall–Kier alpha value is -3.16. The molecular weight excluding hydrogens is 488 g/mol. The Kier molecular flexibility index (Phi) is 8.67. The first-order chi connectivity index (χ1) is 17.8. The van der Waals surface area contributed by atoms with E-state index < -0.39 is 5.60 Å². The van der Waals surface area contributed by atoms with Crippen LogP contribution in [0.25, 0.3) is 11.1 Å². The molecule has 4 rings (SSSR count). The van der Waals surface area contributed by atoms with E-state index in [-0.39, 0.29) is 24.2 Å². The topological polar surface area (TPSA) is 98.3 Å².